The Bertz CT molecular complexity index is 414. The second-order valence-electron chi connectivity index (χ2n) is 4.51. The molecule has 0 saturated carbocycles. The Morgan fingerprint density at radius 3 is 2.89 bits per heavy atom. The summed E-state index contributed by atoms with van der Waals surface area (Å²) >= 11 is 0. The molecule has 1 saturated heterocycles. The van der Waals surface area contributed by atoms with E-state index < -0.39 is 0 Å². The van der Waals surface area contributed by atoms with Crippen LogP contribution in [-0.4, -0.2) is 25.3 Å². The van der Waals surface area contributed by atoms with Crippen LogP contribution < -0.4 is 0 Å². The zero-order valence-corrected chi connectivity index (χ0v) is 10.6. The average Bonchev–Trinajstić information content (AvgIpc) is 2.89. The van der Waals surface area contributed by atoms with Gasteiger partial charge in [0.15, 0.2) is 0 Å². The summed E-state index contributed by atoms with van der Waals surface area (Å²) in [7, 11) is 0. The highest BCUT2D eigenvalue weighted by atomic mass is 16.6. The maximum atomic E-state index is 11.5. The molecule has 0 aliphatic carbocycles. The first-order chi connectivity index (χ1) is 8.74. The van der Waals surface area contributed by atoms with Gasteiger partial charge in [0.2, 0.25) is 0 Å². The van der Waals surface area contributed by atoms with E-state index in [0.717, 1.165) is 25.0 Å². The van der Waals surface area contributed by atoms with Crippen LogP contribution in [0.25, 0.3) is 6.08 Å². The highest BCUT2D eigenvalue weighted by Gasteiger charge is 2.16. The van der Waals surface area contributed by atoms with E-state index in [1.807, 2.05) is 31.2 Å². The molecule has 1 fully saturated rings. The summed E-state index contributed by atoms with van der Waals surface area (Å²) < 4.78 is 10.5. The molecule has 0 spiro atoms. The molecule has 0 amide bonds. The Morgan fingerprint density at radius 2 is 2.22 bits per heavy atom. The number of benzene rings is 1. The van der Waals surface area contributed by atoms with Crippen LogP contribution in [0, 0.1) is 6.92 Å². The minimum Gasteiger partial charge on any atom is -0.460 e. The van der Waals surface area contributed by atoms with E-state index in [9.17, 15) is 4.79 Å². The van der Waals surface area contributed by atoms with Crippen molar-refractivity contribution in [1.82, 2.24) is 0 Å². The maximum Gasteiger partial charge on any atom is 0.330 e. The van der Waals surface area contributed by atoms with E-state index in [1.54, 1.807) is 6.08 Å². The summed E-state index contributed by atoms with van der Waals surface area (Å²) in [4.78, 5) is 11.5. The summed E-state index contributed by atoms with van der Waals surface area (Å²) in [6, 6.07) is 7.97. The predicted molar refractivity (Wildman–Crippen MR) is 70.1 cm³/mol. The molecule has 1 aliphatic heterocycles. The number of rotatable bonds is 4. The quantitative estimate of drug-likeness (QED) is 0.605. The van der Waals surface area contributed by atoms with Crippen molar-refractivity contribution in [2.24, 2.45) is 0 Å². The lowest BCUT2D eigenvalue weighted by atomic mass is 10.1. The Kier molecular flexibility index (Phi) is 4.53. The number of hydrogen-bond acceptors (Lipinski definition) is 3. The molecule has 0 aromatic heterocycles. The van der Waals surface area contributed by atoms with E-state index in [2.05, 4.69) is 0 Å². The Hall–Kier alpha value is -1.61. The molecule has 2 rings (SSSR count). The zero-order valence-electron chi connectivity index (χ0n) is 10.6. The molecule has 3 nitrogen and oxygen atoms in total. The van der Waals surface area contributed by atoms with E-state index in [0.29, 0.717) is 6.61 Å². The third-order valence-corrected chi connectivity index (χ3v) is 2.92. The number of aryl methyl sites for hydroxylation is 1. The molecule has 0 radical (unpaired) electrons. The van der Waals surface area contributed by atoms with Crippen molar-refractivity contribution in [3.8, 4) is 0 Å². The fraction of sp³-hybridized carbons (Fsp3) is 0.400. The van der Waals surface area contributed by atoms with Gasteiger partial charge in [-0.3, -0.25) is 0 Å². The second-order valence-corrected chi connectivity index (χ2v) is 4.51. The molecule has 96 valence electrons. The summed E-state index contributed by atoms with van der Waals surface area (Å²) in [5.41, 5.74) is 2.20. The van der Waals surface area contributed by atoms with Crippen molar-refractivity contribution < 1.29 is 14.3 Å². The van der Waals surface area contributed by atoms with E-state index in [1.165, 1.54) is 11.6 Å². The molecule has 1 heterocycles. The lowest BCUT2D eigenvalue weighted by Gasteiger charge is -2.08. The fourth-order valence-corrected chi connectivity index (χ4v) is 1.84. The largest absolute Gasteiger partial charge is 0.460 e. The van der Waals surface area contributed by atoms with Crippen molar-refractivity contribution in [3.05, 3.63) is 41.5 Å². The Morgan fingerprint density at radius 1 is 1.44 bits per heavy atom. The molecule has 1 unspecified atom stereocenters. The van der Waals surface area contributed by atoms with Crippen molar-refractivity contribution in [3.63, 3.8) is 0 Å². The van der Waals surface area contributed by atoms with E-state index in [-0.39, 0.29) is 12.1 Å². The summed E-state index contributed by atoms with van der Waals surface area (Å²) in [5.74, 6) is -0.314. The fourth-order valence-electron chi connectivity index (χ4n) is 1.84. The van der Waals surface area contributed by atoms with Crippen LogP contribution in [0.15, 0.2) is 30.3 Å². The van der Waals surface area contributed by atoms with Gasteiger partial charge in [-0.1, -0.05) is 29.8 Å². The Labute approximate surface area is 107 Å². The highest BCUT2D eigenvalue weighted by molar-refractivity contribution is 5.87. The topological polar surface area (TPSA) is 35.5 Å². The van der Waals surface area contributed by atoms with Gasteiger partial charge in [-0.2, -0.15) is 0 Å². The molecule has 0 bridgehead atoms. The molecule has 1 atom stereocenters. The van der Waals surface area contributed by atoms with Crippen LogP contribution in [0.2, 0.25) is 0 Å². The van der Waals surface area contributed by atoms with Gasteiger partial charge < -0.3 is 9.47 Å². The minimum absolute atomic E-state index is 0.0849. The minimum atomic E-state index is -0.314. The summed E-state index contributed by atoms with van der Waals surface area (Å²) in [6.07, 6.45) is 5.34. The summed E-state index contributed by atoms with van der Waals surface area (Å²) in [5, 5.41) is 0. The molecule has 1 aromatic rings. The van der Waals surface area contributed by atoms with E-state index >= 15 is 0 Å². The monoisotopic (exact) mass is 246 g/mol. The standard InChI is InChI=1S/C15H18O3/c1-12-4-6-13(7-5-12)8-9-15(16)18-11-14-3-2-10-17-14/h4-9,14H,2-3,10-11H2,1H3/b9-8+. The van der Waals surface area contributed by atoms with Gasteiger partial charge in [0.1, 0.15) is 6.61 Å². The van der Waals surface area contributed by atoms with Crippen LogP contribution in [0.3, 0.4) is 0 Å². The lowest BCUT2D eigenvalue weighted by molar-refractivity contribution is -0.140. The number of hydrogen-bond donors (Lipinski definition) is 0. The van der Waals surface area contributed by atoms with Crippen LogP contribution in [0.5, 0.6) is 0 Å². The van der Waals surface area contributed by atoms with Gasteiger partial charge in [0.05, 0.1) is 6.10 Å². The zero-order chi connectivity index (χ0) is 12.8. The lowest BCUT2D eigenvalue weighted by Crippen LogP contribution is -2.16. The number of carbonyl (C=O) groups is 1. The molecular weight excluding hydrogens is 228 g/mol. The van der Waals surface area contributed by atoms with Crippen LogP contribution in [-0.2, 0) is 14.3 Å². The smallest absolute Gasteiger partial charge is 0.330 e. The predicted octanol–water partition coefficient (Wildman–Crippen LogP) is 2.73. The van der Waals surface area contributed by atoms with Crippen molar-refractivity contribution >= 4 is 12.0 Å². The Balaban J connectivity index is 1.77. The maximum absolute atomic E-state index is 11.5. The second kappa shape index (κ2) is 6.36. The summed E-state index contributed by atoms with van der Waals surface area (Å²) in [6.45, 7) is 3.17. The van der Waals surface area contributed by atoms with Gasteiger partial charge in [-0.15, -0.1) is 0 Å². The van der Waals surface area contributed by atoms with Gasteiger partial charge in [0, 0.05) is 12.7 Å². The molecule has 1 aliphatic rings. The van der Waals surface area contributed by atoms with Crippen LogP contribution in [0.1, 0.15) is 24.0 Å². The van der Waals surface area contributed by atoms with Crippen molar-refractivity contribution in [1.29, 1.82) is 0 Å². The normalized spacial score (nSPS) is 19.3. The van der Waals surface area contributed by atoms with Crippen molar-refractivity contribution in [2.45, 2.75) is 25.9 Å². The van der Waals surface area contributed by atoms with Gasteiger partial charge >= 0.3 is 5.97 Å². The number of ether oxygens (including phenoxy) is 2. The molecule has 18 heavy (non-hydrogen) atoms. The third-order valence-electron chi connectivity index (χ3n) is 2.92. The first-order valence-corrected chi connectivity index (χ1v) is 6.27. The molecule has 0 N–H and O–H groups in total. The molecule has 1 aromatic carbocycles. The first kappa shape index (κ1) is 12.8. The number of carbonyl (C=O) groups excluding carboxylic acids is 1. The van der Waals surface area contributed by atoms with Crippen LogP contribution in [0.4, 0.5) is 0 Å². The third kappa shape index (κ3) is 4.00. The SMILES string of the molecule is Cc1ccc(/C=C/C(=O)OCC2CCCO2)cc1. The van der Waals surface area contributed by atoms with Crippen LogP contribution >= 0.6 is 0 Å². The highest BCUT2D eigenvalue weighted by Crippen LogP contribution is 2.12. The number of esters is 1. The van der Waals surface area contributed by atoms with Gasteiger partial charge in [-0.05, 0) is 31.4 Å². The van der Waals surface area contributed by atoms with Crippen molar-refractivity contribution in [2.75, 3.05) is 13.2 Å². The van der Waals surface area contributed by atoms with Gasteiger partial charge in [-0.25, -0.2) is 4.79 Å². The molecular formula is C15H18O3. The molecule has 3 heteroatoms. The first-order valence-electron chi connectivity index (χ1n) is 6.27. The average molecular weight is 246 g/mol. The van der Waals surface area contributed by atoms with E-state index in [4.69, 9.17) is 9.47 Å². The van der Waals surface area contributed by atoms with Gasteiger partial charge in [0.25, 0.3) is 0 Å².